The molecule has 1 atom stereocenters. The van der Waals surface area contributed by atoms with Gasteiger partial charge in [-0.3, -0.25) is 0 Å². The smallest absolute Gasteiger partial charge is 0.206 e. The van der Waals surface area contributed by atoms with Crippen LogP contribution in [-0.4, -0.2) is 23.7 Å². The van der Waals surface area contributed by atoms with Gasteiger partial charge in [0, 0.05) is 0 Å². The fourth-order valence-corrected chi connectivity index (χ4v) is 1.02. The van der Waals surface area contributed by atoms with E-state index in [1.165, 1.54) is 0 Å². The van der Waals surface area contributed by atoms with E-state index in [0.29, 0.717) is 0 Å². The topological polar surface area (TPSA) is 29.5 Å². The van der Waals surface area contributed by atoms with Crippen LogP contribution in [-0.2, 0) is 0 Å². The van der Waals surface area contributed by atoms with E-state index < -0.39 is 47.5 Å². The van der Waals surface area contributed by atoms with Crippen molar-refractivity contribution in [2.75, 3.05) is 12.5 Å². The Morgan fingerprint density at radius 2 is 1.35 bits per heavy atom. The molecule has 0 aliphatic rings. The number of aliphatic hydroxyl groups is 1. The van der Waals surface area contributed by atoms with Crippen LogP contribution in [0.1, 0.15) is 0 Å². The number of benzene rings is 1. The molecule has 1 aromatic carbocycles. The Balaban J connectivity index is 3.07. The fraction of sp³-hybridized carbons (Fsp3) is 0.333. The highest BCUT2D eigenvalue weighted by atomic mass is 35.5. The van der Waals surface area contributed by atoms with E-state index in [9.17, 15) is 22.0 Å². The van der Waals surface area contributed by atoms with Crippen molar-refractivity contribution in [3.8, 4) is 5.75 Å². The largest absolute Gasteiger partial charge is 0.485 e. The van der Waals surface area contributed by atoms with Crippen molar-refractivity contribution in [1.82, 2.24) is 0 Å². The monoisotopic (exact) mass is 276 g/mol. The molecule has 0 saturated heterocycles. The minimum absolute atomic E-state index is 0.310. The summed E-state index contributed by atoms with van der Waals surface area (Å²) in [6.45, 7) is -0.693. The van der Waals surface area contributed by atoms with Gasteiger partial charge < -0.3 is 9.84 Å². The molecule has 2 nitrogen and oxygen atoms in total. The van der Waals surface area contributed by atoms with Gasteiger partial charge in [-0.2, -0.15) is 8.78 Å². The minimum Gasteiger partial charge on any atom is -0.485 e. The second-order valence-corrected chi connectivity index (χ2v) is 3.33. The molecule has 1 unspecified atom stereocenters. The fourth-order valence-electron chi connectivity index (χ4n) is 0.936. The Hall–Kier alpha value is -1.08. The molecule has 0 bridgehead atoms. The molecule has 17 heavy (non-hydrogen) atoms. The Bertz CT molecular complexity index is 397. The summed E-state index contributed by atoms with van der Waals surface area (Å²) >= 11 is 5.16. The maximum absolute atomic E-state index is 13.0. The number of ether oxygens (including phenoxy) is 1. The summed E-state index contributed by atoms with van der Waals surface area (Å²) in [6.07, 6.45) is -1.29. The van der Waals surface area contributed by atoms with Gasteiger partial charge in [0.1, 0.15) is 12.7 Å². The standard InChI is InChI=1S/C9H6ClF5O2/c10-1-3(16)2-17-9-7(14)5(12)4(11)6(13)8(9)15/h3,16H,1-2H2. The first kappa shape index (κ1) is 14.0. The van der Waals surface area contributed by atoms with E-state index in [1.807, 2.05) is 0 Å². The van der Waals surface area contributed by atoms with Crippen LogP contribution >= 0.6 is 11.6 Å². The molecule has 1 N–H and O–H groups in total. The molecule has 8 heteroatoms. The first-order valence-corrected chi connectivity index (χ1v) is 4.81. The van der Waals surface area contributed by atoms with Crippen LogP contribution in [0.3, 0.4) is 0 Å². The van der Waals surface area contributed by atoms with Gasteiger partial charge in [0.25, 0.3) is 0 Å². The number of rotatable bonds is 4. The van der Waals surface area contributed by atoms with Crippen LogP contribution in [0.4, 0.5) is 22.0 Å². The molecule has 1 rings (SSSR count). The van der Waals surface area contributed by atoms with Crippen molar-refractivity contribution in [1.29, 1.82) is 0 Å². The third-order valence-corrected chi connectivity index (χ3v) is 2.12. The Labute approximate surface area is 97.6 Å². The van der Waals surface area contributed by atoms with Crippen molar-refractivity contribution in [2.24, 2.45) is 0 Å². The van der Waals surface area contributed by atoms with Gasteiger partial charge in [0.2, 0.25) is 29.1 Å². The third-order valence-electron chi connectivity index (χ3n) is 1.77. The molecule has 0 spiro atoms. The molecule has 0 aromatic heterocycles. The van der Waals surface area contributed by atoms with Crippen molar-refractivity contribution < 1.29 is 31.8 Å². The number of aliphatic hydroxyl groups excluding tert-OH is 1. The van der Waals surface area contributed by atoms with Crippen molar-refractivity contribution in [3.05, 3.63) is 29.1 Å². The molecule has 1 aromatic rings. The predicted octanol–water partition coefficient (Wildman–Crippen LogP) is 2.36. The summed E-state index contributed by atoms with van der Waals surface area (Å²) in [6, 6.07) is 0. The second kappa shape index (κ2) is 5.50. The Morgan fingerprint density at radius 1 is 0.941 bits per heavy atom. The molecule has 0 heterocycles. The SMILES string of the molecule is OC(CCl)COc1c(F)c(F)c(F)c(F)c1F. The van der Waals surface area contributed by atoms with Gasteiger partial charge in [0.15, 0.2) is 5.75 Å². The number of hydrogen-bond acceptors (Lipinski definition) is 2. The molecule has 0 saturated carbocycles. The van der Waals surface area contributed by atoms with E-state index in [1.54, 1.807) is 0 Å². The Morgan fingerprint density at radius 3 is 1.76 bits per heavy atom. The van der Waals surface area contributed by atoms with Crippen molar-refractivity contribution in [3.63, 3.8) is 0 Å². The summed E-state index contributed by atoms with van der Waals surface area (Å²) in [7, 11) is 0. The van der Waals surface area contributed by atoms with Gasteiger partial charge in [-0.1, -0.05) is 0 Å². The molecule has 0 amide bonds. The lowest BCUT2D eigenvalue weighted by Crippen LogP contribution is -2.20. The van der Waals surface area contributed by atoms with E-state index in [0.717, 1.165) is 0 Å². The van der Waals surface area contributed by atoms with Gasteiger partial charge in [-0.15, -0.1) is 11.6 Å². The lowest BCUT2D eigenvalue weighted by atomic mass is 10.2. The van der Waals surface area contributed by atoms with Gasteiger partial charge in [-0.25, -0.2) is 13.2 Å². The number of alkyl halides is 1. The molecule has 96 valence electrons. The molecule has 0 aliphatic carbocycles. The van der Waals surface area contributed by atoms with E-state index in [4.69, 9.17) is 16.7 Å². The van der Waals surface area contributed by atoms with Crippen LogP contribution in [0.2, 0.25) is 0 Å². The zero-order valence-electron chi connectivity index (χ0n) is 8.11. The van der Waals surface area contributed by atoms with Crippen LogP contribution in [0.5, 0.6) is 5.75 Å². The van der Waals surface area contributed by atoms with Crippen LogP contribution in [0, 0.1) is 29.1 Å². The lowest BCUT2D eigenvalue weighted by molar-refractivity contribution is 0.117. The number of halogens is 6. The zero-order valence-corrected chi connectivity index (χ0v) is 8.87. The highest BCUT2D eigenvalue weighted by Gasteiger charge is 2.27. The van der Waals surface area contributed by atoms with E-state index >= 15 is 0 Å². The highest BCUT2D eigenvalue weighted by molar-refractivity contribution is 6.18. The maximum atomic E-state index is 13.0. The van der Waals surface area contributed by atoms with Crippen molar-refractivity contribution in [2.45, 2.75) is 6.10 Å². The molecule has 0 radical (unpaired) electrons. The van der Waals surface area contributed by atoms with Gasteiger partial charge >= 0.3 is 0 Å². The predicted molar refractivity (Wildman–Crippen MR) is 48.5 cm³/mol. The average Bonchev–Trinajstić information content (AvgIpc) is 2.33. The van der Waals surface area contributed by atoms with Crippen LogP contribution in [0.15, 0.2) is 0 Å². The summed E-state index contributed by atoms with van der Waals surface area (Å²) < 4.78 is 68.3. The quantitative estimate of drug-likeness (QED) is 0.396. The highest BCUT2D eigenvalue weighted by Crippen LogP contribution is 2.29. The summed E-state index contributed by atoms with van der Waals surface area (Å²) in [5, 5.41) is 8.93. The molecule has 0 aliphatic heterocycles. The van der Waals surface area contributed by atoms with Gasteiger partial charge in [-0.05, 0) is 0 Å². The zero-order chi connectivity index (χ0) is 13.2. The third kappa shape index (κ3) is 2.78. The summed E-state index contributed by atoms with van der Waals surface area (Å²) in [5.41, 5.74) is 0. The van der Waals surface area contributed by atoms with Crippen LogP contribution < -0.4 is 4.74 Å². The maximum Gasteiger partial charge on any atom is 0.206 e. The minimum atomic E-state index is -2.27. The number of hydrogen-bond donors (Lipinski definition) is 1. The molecular formula is C9H6ClF5O2. The molecule has 0 fully saturated rings. The average molecular weight is 277 g/mol. The summed E-state index contributed by atoms with van der Waals surface area (Å²) in [5.74, 6) is -12.4. The van der Waals surface area contributed by atoms with Crippen LogP contribution in [0.25, 0.3) is 0 Å². The normalized spacial score (nSPS) is 12.6. The molecular weight excluding hydrogens is 271 g/mol. The van der Waals surface area contributed by atoms with E-state index in [-0.39, 0.29) is 5.88 Å². The summed E-state index contributed by atoms with van der Waals surface area (Å²) in [4.78, 5) is 0. The Kier molecular flexibility index (Phi) is 4.53. The lowest BCUT2D eigenvalue weighted by Gasteiger charge is -2.12. The van der Waals surface area contributed by atoms with Crippen molar-refractivity contribution >= 4 is 11.6 Å². The first-order valence-electron chi connectivity index (χ1n) is 4.28. The van der Waals surface area contributed by atoms with E-state index in [2.05, 4.69) is 4.74 Å². The first-order chi connectivity index (χ1) is 7.90. The van der Waals surface area contributed by atoms with Gasteiger partial charge in [0.05, 0.1) is 5.88 Å². The second-order valence-electron chi connectivity index (χ2n) is 3.02.